The predicted molar refractivity (Wildman–Crippen MR) is 106 cm³/mol. The standard InChI is InChI=1S/C20H19N3O3S/c1-12-3-5-14(6-4-12)23-11-13(9-18(23)24)19(25)22-20-21-16-8-7-15(26-2)10-17(16)27-20/h3-8,10,13H,9,11H2,1-2H3,(H,21,22,25)/t13-/m1/s1. The lowest BCUT2D eigenvalue weighted by molar-refractivity contribution is -0.122. The normalized spacial score (nSPS) is 16.7. The highest BCUT2D eigenvalue weighted by molar-refractivity contribution is 7.22. The van der Waals surface area contributed by atoms with E-state index in [1.165, 1.54) is 11.3 Å². The van der Waals surface area contributed by atoms with E-state index in [9.17, 15) is 9.59 Å². The first-order chi connectivity index (χ1) is 13.0. The number of fused-ring (bicyclic) bond motifs is 1. The van der Waals surface area contributed by atoms with E-state index < -0.39 is 0 Å². The number of carbonyl (C=O) groups is 2. The number of aromatic nitrogens is 1. The van der Waals surface area contributed by atoms with Gasteiger partial charge in [-0.05, 0) is 37.3 Å². The van der Waals surface area contributed by atoms with Crippen molar-refractivity contribution < 1.29 is 14.3 Å². The van der Waals surface area contributed by atoms with Crippen LogP contribution in [-0.4, -0.2) is 30.5 Å². The average molecular weight is 381 g/mol. The van der Waals surface area contributed by atoms with Crippen molar-refractivity contribution in [3.8, 4) is 5.75 Å². The first-order valence-electron chi connectivity index (χ1n) is 8.66. The zero-order valence-electron chi connectivity index (χ0n) is 15.1. The van der Waals surface area contributed by atoms with Crippen molar-refractivity contribution in [3.05, 3.63) is 48.0 Å². The SMILES string of the molecule is COc1ccc2nc(NC(=O)[C@@H]3CC(=O)N(c4ccc(C)cc4)C3)sc2c1. The topological polar surface area (TPSA) is 71.5 Å². The Balaban J connectivity index is 1.47. The molecule has 4 rings (SSSR count). The average Bonchev–Trinajstić information content (AvgIpc) is 3.24. The number of nitrogens with one attached hydrogen (secondary N) is 1. The van der Waals surface area contributed by atoms with E-state index in [2.05, 4.69) is 10.3 Å². The molecule has 2 amide bonds. The number of carbonyl (C=O) groups excluding carboxylic acids is 2. The minimum atomic E-state index is -0.389. The Hall–Kier alpha value is -2.93. The van der Waals surface area contributed by atoms with Gasteiger partial charge in [0.2, 0.25) is 11.8 Å². The van der Waals surface area contributed by atoms with Crippen molar-refractivity contribution in [2.75, 3.05) is 23.9 Å². The van der Waals surface area contributed by atoms with Crippen LogP contribution in [0.5, 0.6) is 5.75 Å². The number of benzene rings is 2. The number of nitrogens with zero attached hydrogens (tertiary/aromatic N) is 2. The van der Waals surface area contributed by atoms with E-state index in [1.807, 2.05) is 49.4 Å². The molecule has 1 aromatic heterocycles. The molecule has 0 spiro atoms. The summed E-state index contributed by atoms with van der Waals surface area (Å²) in [4.78, 5) is 31.1. The molecule has 138 valence electrons. The molecule has 1 aliphatic rings. The van der Waals surface area contributed by atoms with E-state index in [1.54, 1.807) is 12.0 Å². The van der Waals surface area contributed by atoms with Crippen LogP contribution in [0.2, 0.25) is 0 Å². The van der Waals surface area contributed by atoms with Crippen molar-refractivity contribution >= 4 is 44.2 Å². The van der Waals surface area contributed by atoms with Crippen LogP contribution in [0, 0.1) is 12.8 Å². The van der Waals surface area contributed by atoms with Crippen molar-refractivity contribution in [3.63, 3.8) is 0 Å². The minimum absolute atomic E-state index is 0.0342. The molecule has 2 heterocycles. The van der Waals surface area contributed by atoms with Crippen molar-refractivity contribution in [2.45, 2.75) is 13.3 Å². The number of amides is 2. The minimum Gasteiger partial charge on any atom is -0.497 e. The molecular formula is C20H19N3O3S. The highest BCUT2D eigenvalue weighted by atomic mass is 32.1. The summed E-state index contributed by atoms with van der Waals surface area (Å²) in [5.41, 5.74) is 2.76. The number of ether oxygens (including phenoxy) is 1. The molecule has 1 fully saturated rings. The van der Waals surface area contributed by atoms with Crippen LogP contribution >= 0.6 is 11.3 Å². The fourth-order valence-electron chi connectivity index (χ4n) is 3.15. The Morgan fingerprint density at radius 2 is 2.04 bits per heavy atom. The number of thiazole rings is 1. The van der Waals surface area contributed by atoms with E-state index in [0.717, 1.165) is 27.2 Å². The quantitative estimate of drug-likeness (QED) is 0.749. The molecule has 0 aliphatic carbocycles. The lowest BCUT2D eigenvalue weighted by Crippen LogP contribution is -2.28. The number of rotatable bonds is 4. The van der Waals surface area contributed by atoms with Crippen LogP contribution in [0.1, 0.15) is 12.0 Å². The van der Waals surface area contributed by atoms with Crippen molar-refractivity contribution in [1.29, 1.82) is 0 Å². The highest BCUT2D eigenvalue weighted by Gasteiger charge is 2.35. The first kappa shape index (κ1) is 17.5. The molecule has 7 heteroatoms. The predicted octanol–water partition coefficient (Wildman–Crippen LogP) is 3.60. The van der Waals surface area contributed by atoms with Crippen LogP contribution in [0.3, 0.4) is 0 Å². The van der Waals surface area contributed by atoms with Crippen molar-refractivity contribution in [1.82, 2.24) is 4.98 Å². The molecule has 0 bridgehead atoms. The molecule has 1 N–H and O–H groups in total. The van der Waals surface area contributed by atoms with Gasteiger partial charge in [0, 0.05) is 18.7 Å². The second-order valence-corrected chi connectivity index (χ2v) is 7.61. The van der Waals surface area contributed by atoms with Gasteiger partial charge in [-0.3, -0.25) is 9.59 Å². The van der Waals surface area contributed by atoms with Crippen LogP contribution < -0.4 is 15.0 Å². The van der Waals surface area contributed by atoms with Gasteiger partial charge in [0.15, 0.2) is 5.13 Å². The summed E-state index contributed by atoms with van der Waals surface area (Å²) >= 11 is 1.39. The summed E-state index contributed by atoms with van der Waals surface area (Å²) in [7, 11) is 1.61. The van der Waals surface area contributed by atoms with Crippen molar-refractivity contribution in [2.24, 2.45) is 5.92 Å². The summed E-state index contributed by atoms with van der Waals surface area (Å²) in [6, 6.07) is 13.3. The third-order valence-electron chi connectivity index (χ3n) is 4.67. The Morgan fingerprint density at radius 3 is 2.78 bits per heavy atom. The zero-order valence-corrected chi connectivity index (χ0v) is 15.9. The zero-order chi connectivity index (χ0) is 19.0. The Kier molecular flexibility index (Phi) is 4.53. The highest BCUT2D eigenvalue weighted by Crippen LogP contribution is 2.31. The fraction of sp³-hybridized carbons (Fsp3) is 0.250. The molecule has 1 aliphatic heterocycles. The maximum Gasteiger partial charge on any atom is 0.231 e. The summed E-state index contributed by atoms with van der Waals surface area (Å²) in [6.45, 7) is 2.38. The molecule has 1 saturated heterocycles. The summed E-state index contributed by atoms with van der Waals surface area (Å²) < 4.78 is 6.15. The maximum atomic E-state index is 12.6. The smallest absolute Gasteiger partial charge is 0.231 e. The summed E-state index contributed by atoms with van der Waals surface area (Å²) in [5.74, 6) is 0.150. The molecule has 3 aromatic rings. The molecule has 0 radical (unpaired) electrons. The molecule has 6 nitrogen and oxygen atoms in total. The van der Waals surface area contributed by atoms with E-state index in [-0.39, 0.29) is 24.2 Å². The summed E-state index contributed by atoms with van der Waals surface area (Å²) in [6.07, 6.45) is 0.207. The van der Waals surface area contributed by atoms with Gasteiger partial charge in [-0.25, -0.2) is 4.98 Å². The molecule has 0 saturated carbocycles. The number of methoxy groups -OCH3 is 1. The lowest BCUT2D eigenvalue weighted by atomic mass is 10.1. The van der Waals surface area contributed by atoms with E-state index in [4.69, 9.17) is 4.74 Å². The van der Waals surface area contributed by atoms with E-state index >= 15 is 0 Å². The number of hydrogen-bond donors (Lipinski definition) is 1. The van der Waals surface area contributed by atoms with Crippen LogP contribution in [-0.2, 0) is 9.59 Å². The van der Waals surface area contributed by atoms with Gasteiger partial charge < -0.3 is 15.0 Å². The third-order valence-corrected chi connectivity index (χ3v) is 5.60. The van der Waals surface area contributed by atoms with Gasteiger partial charge in [0.25, 0.3) is 0 Å². The maximum absolute atomic E-state index is 12.6. The molecule has 1 atom stereocenters. The number of aryl methyl sites for hydroxylation is 1. The van der Waals surface area contributed by atoms with Gasteiger partial charge in [0.05, 0.1) is 23.2 Å². The molecular weight excluding hydrogens is 362 g/mol. The Bertz CT molecular complexity index is 1010. The fourth-order valence-corrected chi connectivity index (χ4v) is 4.05. The molecule has 2 aromatic carbocycles. The van der Waals surface area contributed by atoms with Crippen LogP contribution in [0.15, 0.2) is 42.5 Å². The lowest BCUT2D eigenvalue weighted by Gasteiger charge is -2.16. The number of anilines is 2. The van der Waals surface area contributed by atoms with Gasteiger partial charge in [0.1, 0.15) is 5.75 Å². The number of hydrogen-bond acceptors (Lipinski definition) is 5. The monoisotopic (exact) mass is 381 g/mol. The Labute approximate surface area is 160 Å². The van der Waals surface area contributed by atoms with Gasteiger partial charge >= 0.3 is 0 Å². The van der Waals surface area contributed by atoms with Gasteiger partial charge in [-0.1, -0.05) is 29.0 Å². The first-order valence-corrected chi connectivity index (χ1v) is 9.47. The second-order valence-electron chi connectivity index (χ2n) is 6.58. The molecule has 0 unspecified atom stereocenters. The Morgan fingerprint density at radius 1 is 1.26 bits per heavy atom. The van der Waals surface area contributed by atoms with Gasteiger partial charge in [-0.15, -0.1) is 0 Å². The third kappa shape index (κ3) is 3.50. The van der Waals surface area contributed by atoms with Crippen LogP contribution in [0.4, 0.5) is 10.8 Å². The second kappa shape index (κ2) is 7.00. The van der Waals surface area contributed by atoms with Crippen LogP contribution in [0.25, 0.3) is 10.2 Å². The van der Waals surface area contributed by atoms with E-state index in [0.29, 0.717) is 11.7 Å². The molecule has 27 heavy (non-hydrogen) atoms. The summed E-state index contributed by atoms with van der Waals surface area (Å²) in [5, 5.41) is 3.39. The van der Waals surface area contributed by atoms with Gasteiger partial charge in [-0.2, -0.15) is 0 Å². The largest absolute Gasteiger partial charge is 0.497 e.